The lowest BCUT2D eigenvalue weighted by Gasteiger charge is -2.47. The molecule has 1 N–H and O–H groups in total. The molecule has 18 heavy (non-hydrogen) atoms. The second kappa shape index (κ2) is 4.53. The van der Waals surface area contributed by atoms with Crippen LogP contribution in [0.3, 0.4) is 0 Å². The summed E-state index contributed by atoms with van der Waals surface area (Å²) in [7, 11) is 0. The largest absolute Gasteiger partial charge is 0.444 e. The molecule has 2 fully saturated rings. The minimum atomic E-state index is -0.613. The van der Waals surface area contributed by atoms with E-state index in [0.29, 0.717) is 25.9 Å². The van der Waals surface area contributed by atoms with Gasteiger partial charge in [0.1, 0.15) is 11.2 Å². The molecule has 1 aliphatic carbocycles. The van der Waals surface area contributed by atoms with E-state index in [2.05, 4.69) is 5.32 Å². The van der Waals surface area contributed by atoms with Crippen LogP contribution in [-0.2, 0) is 14.3 Å². The first-order valence-electron chi connectivity index (χ1n) is 6.48. The summed E-state index contributed by atoms with van der Waals surface area (Å²) in [6.07, 6.45) is 2.13. The van der Waals surface area contributed by atoms with Gasteiger partial charge in [0.25, 0.3) is 0 Å². The van der Waals surface area contributed by atoms with E-state index >= 15 is 0 Å². The molecule has 1 amide bonds. The first-order chi connectivity index (χ1) is 8.31. The van der Waals surface area contributed by atoms with Gasteiger partial charge in [-0.2, -0.15) is 0 Å². The predicted octanol–water partition coefficient (Wildman–Crippen LogP) is 1.79. The Bertz CT molecular complexity index is 352. The van der Waals surface area contributed by atoms with Crippen molar-refractivity contribution in [3.05, 3.63) is 0 Å². The van der Waals surface area contributed by atoms with Gasteiger partial charge in [-0.3, -0.25) is 4.79 Å². The highest BCUT2D eigenvalue weighted by Crippen LogP contribution is 2.40. The number of Topliss-reactive ketones (excluding diaryl/α,β-unsaturated/α-hetero) is 1. The van der Waals surface area contributed by atoms with Crippen LogP contribution >= 0.6 is 0 Å². The molecule has 1 spiro atoms. The van der Waals surface area contributed by atoms with Crippen molar-refractivity contribution in [1.82, 2.24) is 5.32 Å². The van der Waals surface area contributed by atoms with Crippen LogP contribution in [0.4, 0.5) is 4.79 Å². The van der Waals surface area contributed by atoms with Gasteiger partial charge in [0.15, 0.2) is 5.78 Å². The molecule has 0 bridgehead atoms. The van der Waals surface area contributed by atoms with Crippen molar-refractivity contribution in [1.29, 1.82) is 0 Å². The molecule has 102 valence electrons. The van der Waals surface area contributed by atoms with Gasteiger partial charge < -0.3 is 14.8 Å². The molecule has 0 atom stereocenters. The summed E-state index contributed by atoms with van der Waals surface area (Å²) < 4.78 is 10.8. The number of alkyl carbamates (subject to hydrolysis) is 1. The fourth-order valence-electron chi connectivity index (χ4n) is 2.47. The van der Waals surface area contributed by atoms with E-state index in [1.807, 2.05) is 20.8 Å². The van der Waals surface area contributed by atoms with Gasteiger partial charge in [-0.15, -0.1) is 0 Å². The SMILES string of the molecule is CC(C)(C)OC(=O)NC1CC2(C1)OCCCC2=O. The number of ether oxygens (including phenoxy) is 2. The summed E-state index contributed by atoms with van der Waals surface area (Å²) in [4.78, 5) is 23.3. The fourth-order valence-corrected chi connectivity index (χ4v) is 2.47. The lowest BCUT2D eigenvalue weighted by atomic mass is 9.70. The van der Waals surface area contributed by atoms with Crippen LogP contribution in [0.25, 0.3) is 0 Å². The topological polar surface area (TPSA) is 64.6 Å². The fraction of sp³-hybridized carbons (Fsp3) is 0.846. The third-order valence-electron chi connectivity index (χ3n) is 3.31. The molecule has 5 heteroatoms. The average molecular weight is 255 g/mol. The highest BCUT2D eigenvalue weighted by molar-refractivity contribution is 5.89. The Morgan fingerprint density at radius 2 is 2.11 bits per heavy atom. The number of carbonyl (C=O) groups is 2. The van der Waals surface area contributed by atoms with Crippen LogP contribution < -0.4 is 5.32 Å². The van der Waals surface area contributed by atoms with Gasteiger partial charge in [-0.1, -0.05) is 0 Å². The lowest BCUT2D eigenvalue weighted by molar-refractivity contribution is -0.170. The molecule has 1 saturated carbocycles. The minimum Gasteiger partial charge on any atom is -0.444 e. The molecule has 2 rings (SSSR count). The second-order valence-corrected chi connectivity index (χ2v) is 6.12. The number of hydrogen-bond acceptors (Lipinski definition) is 4. The van der Waals surface area contributed by atoms with Crippen molar-refractivity contribution in [2.75, 3.05) is 6.61 Å². The zero-order valence-electron chi connectivity index (χ0n) is 11.2. The number of amides is 1. The molecule has 1 saturated heterocycles. The van der Waals surface area contributed by atoms with Gasteiger partial charge in [0, 0.05) is 31.9 Å². The molecule has 5 nitrogen and oxygen atoms in total. The summed E-state index contributed by atoms with van der Waals surface area (Å²) in [5.74, 6) is 0.177. The third-order valence-corrected chi connectivity index (χ3v) is 3.31. The van der Waals surface area contributed by atoms with Crippen molar-refractivity contribution in [3.63, 3.8) is 0 Å². The normalized spacial score (nSPS) is 31.9. The summed E-state index contributed by atoms with van der Waals surface area (Å²) in [6, 6.07) is -0.0121. The minimum absolute atomic E-state index is 0.0121. The standard InChI is InChI=1S/C13H21NO4/c1-12(2,3)18-11(16)14-9-7-13(8-9)10(15)5-4-6-17-13/h9H,4-8H2,1-3H3,(H,14,16). The Labute approximate surface area is 107 Å². The van der Waals surface area contributed by atoms with Crippen LogP contribution in [0.2, 0.25) is 0 Å². The molecule has 0 unspecified atom stereocenters. The van der Waals surface area contributed by atoms with E-state index in [0.717, 1.165) is 6.42 Å². The number of ketones is 1. The molecule has 0 radical (unpaired) electrons. The Morgan fingerprint density at radius 3 is 2.67 bits per heavy atom. The zero-order valence-corrected chi connectivity index (χ0v) is 11.2. The highest BCUT2D eigenvalue weighted by atomic mass is 16.6. The van der Waals surface area contributed by atoms with E-state index in [4.69, 9.17) is 9.47 Å². The van der Waals surface area contributed by atoms with Gasteiger partial charge in [-0.25, -0.2) is 4.79 Å². The Balaban J connectivity index is 1.79. The van der Waals surface area contributed by atoms with Gasteiger partial charge in [0.2, 0.25) is 0 Å². The van der Waals surface area contributed by atoms with Crippen LogP contribution in [0.5, 0.6) is 0 Å². The quantitative estimate of drug-likeness (QED) is 0.776. The molecular formula is C13H21NO4. The van der Waals surface area contributed by atoms with E-state index < -0.39 is 17.3 Å². The van der Waals surface area contributed by atoms with E-state index in [1.54, 1.807) is 0 Å². The van der Waals surface area contributed by atoms with Gasteiger partial charge >= 0.3 is 6.09 Å². The number of nitrogens with one attached hydrogen (secondary N) is 1. The molecule has 1 heterocycles. The monoisotopic (exact) mass is 255 g/mol. The maximum Gasteiger partial charge on any atom is 0.407 e. The van der Waals surface area contributed by atoms with E-state index in [1.165, 1.54) is 0 Å². The van der Waals surface area contributed by atoms with Crippen molar-refractivity contribution >= 4 is 11.9 Å². The molecular weight excluding hydrogens is 234 g/mol. The predicted molar refractivity (Wildman–Crippen MR) is 65.3 cm³/mol. The lowest BCUT2D eigenvalue weighted by Crippen LogP contribution is -2.62. The van der Waals surface area contributed by atoms with Crippen LogP contribution in [0.1, 0.15) is 46.5 Å². The maximum atomic E-state index is 11.8. The smallest absolute Gasteiger partial charge is 0.407 e. The summed E-state index contributed by atoms with van der Waals surface area (Å²) in [6.45, 7) is 6.11. The molecule has 1 aliphatic heterocycles. The number of hydrogen-bond donors (Lipinski definition) is 1. The Morgan fingerprint density at radius 1 is 1.44 bits per heavy atom. The number of carbonyl (C=O) groups excluding carboxylic acids is 2. The molecule has 2 aliphatic rings. The van der Waals surface area contributed by atoms with Crippen LogP contribution in [0.15, 0.2) is 0 Å². The van der Waals surface area contributed by atoms with Crippen molar-refractivity contribution in [2.45, 2.75) is 63.7 Å². The zero-order chi connectivity index (χ0) is 13.4. The number of rotatable bonds is 1. The first kappa shape index (κ1) is 13.3. The van der Waals surface area contributed by atoms with Gasteiger partial charge in [-0.05, 0) is 27.2 Å². The summed E-state index contributed by atoms with van der Waals surface area (Å²) in [5.41, 5.74) is -1.11. The Hall–Kier alpha value is -1.10. The Kier molecular flexibility index (Phi) is 3.36. The van der Waals surface area contributed by atoms with Crippen LogP contribution in [0, 0.1) is 0 Å². The van der Waals surface area contributed by atoms with Crippen molar-refractivity contribution in [3.8, 4) is 0 Å². The molecule has 0 aromatic heterocycles. The van der Waals surface area contributed by atoms with Crippen molar-refractivity contribution in [2.24, 2.45) is 0 Å². The third kappa shape index (κ3) is 2.83. The van der Waals surface area contributed by atoms with E-state index in [-0.39, 0.29) is 11.8 Å². The molecule has 0 aromatic rings. The second-order valence-electron chi connectivity index (χ2n) is 6.12. The highest BCUT2D eigenvalue weighted by Gasteiger charge is 2.52. The van der Waals surface area contributed by atoms with Gasteiger partial charge in [0.05, 0.1) is 0 Å². The summed E-state index contributed by atoms with van der Waals surface area (Å²) in [5, 5.41) is 2.77. The van der Waals surface area contributed by atoms with Crippen LogP contribution in [-0.4, -0.2) is 35.7 Å². The average Bonchev–Trinajstić information content (AvgIpc) is 2.16. The van der Waals surface area contributed by atoms with E-state index in [9.17, 15) is 9.59 Å². The van der Waals surface area contributed by atoms with Crippen molar-refractivity contribution < 1.29 is 19.1 Å². The first-order valence-corrected chi connectivity index (χ1v) is 6.48. The summed E-state index contributed by atoms with van der Waals surface area (Å²) >= 11 is 0. The molecule has 0 aromatic carbocycles. The maximum absolute atomic E-state index is 11.8.